The summed E-state index contributed by atoms with van der Waals surface area (Å²) in [4.78, 5) is 28.6. The first-order chi connectivity index (χ1) is 12.0. The molecule has 2 aromatic heterocycles. The van der Waals surface area contributed by atoms with Crippen molar-refractivity contribution >= 4 is 16.9 Å². The van der Waals surface area contributed by atoms with E-state index in [1.54, 1.807) is 32.2 Å². The Morgan fingerprint density at radius 3 is 2.88 bits per heavy atom. The number of nitrogens with zero attached hydrogens (tertiary/aromatic N) is 4. The van der Waals surface area contributed by atoms with E-state index in [9.17, 15) is 14.0 Å². The van der Waals surface area contributed by atoms with Gasteiger partial charge in [-0.05, 0) is 13.0 Å². The number of carbonyl (C=O) groups excluding carboxylic acids is 1. The van der Waals surface area contributed by atoms with Crippen LogP contribution in [0.1, 0.15) is 24.9 Å². The topological polar surface area (TPSA) is 81.8 Å². The molecule has 1 amide bonds. The third-order valence-electron chi connectivity index (χ3n) is 4.05. The van der Waals surface area contributed by atoms with Gasteiger partial charge in [0, 0.05) is 25.6 Å². The maximum Gasteiger partial charge on any atom is 0.264 e. The van der Waals surface area contributed by atoms with Gasteiger partial charge >= 0.3 is 0 Å². The summed E-state index contributed by atoms with van der Waals surface area (Å²) in [5.74, 6) is -0.633. The molecule has 0 bridgehead atoms. The normalized spacial score (nSPS) is 12.3. The Kier molecular flexibility index (Phi) is 4.60. The Morgan fingerprint density at radius 2 is 2.12 bits per heavy atom. The summed E-state index contributed by atoms with van der Waals surface area (Å²) in [5.41, 5.74) is 0.679. The van der Waals surface area contributed by atoms with Crippen molar-refractivity contribution in [3.05, 3.63) is 58.5 Å². The predicted octanol–water partition coefficient (Wildman–Crippen LogP) is 1.54. The summed E-state index contributed by atoms with van der Waals surface area (Å²) in [7, 11) is 1.71. The summed E-state index contributed by atoms with van der Waals surface area (Å²) in [5, 5.41) is 7.14. The van der Waals surface area contributed by atoms with E-state index in [2.05, 4.69) is 15.4 Å². The Balaban J connectivity index is 1.66. The largest absolute Gasteiger partial charge is 0.349 e. The van der Waals surface area contributed by atoms with Gasteiger partial charge in [-0.2, -0.15) is 5.10 Å². The second-order valence-corrected chi connectivity index (χ2v) is 5.81. The van der Waals surface area contributed by atoms with Crippen LogP contribution in [0.5, 0.6) is 0 Å². The lowest BCUT2D eigenvalue weighted by Gasteiger charge is -2.15. The summed E-state index contributed by atoms with van der Waals surface area (Å²) < 4.78 is 16.6. The van der Waals surface area contributed by atoms with Crippen molar-refractivity contribution in [2.24, 2.45) is 7.05 Å². The van der Waals surface area contributed by atoms with E-state index in [-0.39, 0.29) is 30.2 Å². The summed E-state index contributed by atoms with van der Waals surface area (Å²) in [6, 6.07) is 5.85. The molecule has 1 aromatic carbocycles. The first-order valence-corrected chi connectivity index (χ1v) is 7.88. The maximum absolute atomic E-state index is 13.7. The van der Waals surface area contributed by atoms with Crippen LogP contribution in [0.25, 0.3) is 11.0 Å². The molecule has 0 aliphatic carbocycles. The molecule has 0 unspecified atom stereocenters. The van der Waals surface area contributed by atoms with Crippen molar-refractivity contribution in [3.63, 3.8) is 0 Å². The number of carbonyl (C=O) groups is 1. The van der Waals surface area contributed by atoms with Crippen LogP contribution in [0.15, 0.2) is 41.6 Å². The molecule has 3 rings (SSSR count). The maximum atomic E-state index is 13.7. The lowest BCUT2D eigenvalue weighted by atomic mass is 10.1. The van der Waals surface area contributed by atoms with Crippen molar-refractivity contribution in [1.82, 2.24) is 24.6 Å². The number of hydrogen-bond acceptors (Lipinski definition) is 4. The second-order valence-electron chi connectivity index (χ2n) is 5.81. The molecule has 7 nitrogen and oxygen atoms in total. The second kappa shape index (κ2) is 6.84. The molecule has 0 fully saturated rings. The number of hydrogen-bond donors (Lipinski definition) is 1. The minimum atomic E-state index is -0.454. The molecule has 0 spiro atoms. The number of aromatic nitrogens is 4. The Morgan fingerprint density at radius 1 is 1.36 bits per heavy atom. The minimum Gasteiger partial charge on any atom is -0.349 e. The van der Waals surface area contributed by atoms with Crippen LogP contribution in [0.2, 0.25) is 0 Å². The highest BCUT2D eigenvalue weighted by atomic mass is 19.1. The summed E-state index contributed by atoms with van der Waals surface area (Å²) in [6.07, 6.45) is 2.95. The van der Waals surface area contributed by atoms with Crippen molar-refractivity contribution in [3.8, 4) is 0 Å². The van der Waals surface area contributed by atoms with Crippen LogP contribution in [-0.2, 0) is 18.4 Å². The third-order valence-corrected chi connectivity index (χ3v) is 4.05. The number of benzene rings is 1. The minimum absolute atomic E-state index is 0.0894. The molecule has 130 valence electrons. The van der Waals surface area contributed by atoms with Gasteiger partial charge in [0.2, 0.25) is 5.91 Å². The molecule has 0 radical (unpaired) electrons. The Bertz CT molecular complexity index is 979. The zero-order valence-corrected chi connectivity index (χ0v) is 13.9. The van der Waals surface area contributed by atoms with Gasteiger partial charge in [0.1, 0.15) is 11.2 Å². The van der Waals surface area contributed by atoms with E-state index in [1.807, 2.05) is 0 Å². The highest BCUT2D eigenvalue weighted by Crippen LogP contribution is 2.16. The van der Waals surface area contributed by atoms with Crippen molar-refractivity contribution < 1.29 is 9.18 Å². The molecule has 0 saturated carbocycles. The number of fused-ring (bicyclic) bond motifs is 1. The van der Waals surface area contributed by atoms with Crippen LogP contribution in [0.3, 0.4) is 0 Å². The van der Waals surface area contributed by atoms with Crippen LogP contribution in [-0.4, -0.2) is 25.2 Å². The van der Waals surface area contributed by atoms with E-state index < -0.39 is 6.04 Å². The Labute approximate surface area is 143 Å². The van der Waals surface area contributed by atoms with Crippen LogP contribution in [0.4, 0.5) is 4.39 Å². The predicted molar refractivity (Wildman–Crippen MR) is 90.3 cm³/mol. The first kappa shape index (κ1) is 16.8. The number of rotatable bonds is 5. The van der Waals surface area contributed by atoms with Gasteiger partial charge < -0.3 is 5.32 Å². The third kappa shape index (κ3) is 3.42. The standard InChI is InChI=1S/C17H18FN5O2/c1-11(12-5-3-4-6-14(12)18)21-15(24)7-8-23-10-19-16-13(17(23)25)9-20-22(16)2/h3-6,9-11H,7-8H2,1-2H3,(H,21,24)/t11-/m0/s1. The molecule has 8 heteroatoms. The number of amides is 1. The van der Waals surface area contributed by atoms with Crippen LogP contribution in [0, 0.1) is 5.82 Å². The molecule has 2 heterocycles. The molecule has 3 aromatic rings. The lowest BCUT2D eigenvalue weighted by molar-refractivity contribution is -0.122. The fourth-order valence-electron chi connectivity index (χ4n) is 2.67. The lowest BCUT2D eigenvalue weighted by Crippen LogP contribution is -2.29. The smallest absolute Gasteiger partial charge is 0.264 e. The van der Waals surface area contributed by atoms with Crippen LogP contribution < -0.4 is 10.9 Å². The average Bonchev–Trinajstić information content (AvgIpc) is 2.96. The van der Waals surface area contributed by atoms with Gasteiger partial charge in [-0.1, -0.05) is 18.2 Å². The van der Waals surface area contributed by atoms with Gasteiger partial charge in [-0.15, -0.1) is 0 Å². The average molecular weight is 343 g/mol. The van der Waals surface area contributed by atoms with Gasteiger partial charge in [-0.3, -0.25) is 18.8 Å². The molecule has 0 aliphatic rings. The quantitative estimate of drug-likeness (QED) is 0.762. The Hall–Kier alpha value is -3.03. The van der Waals surface area contributed by atoms with Crippen molar-refractivity contribution in [2.75, 3.05) is 0 Å². The van der Waals surface area contributed by atoms with Gasteiger partial charge in [0.05, 0.1) is 18.6 Å². The molecular formula is C17H18FN5O2. The van der Waals surface area contributed by atoms with Gasteiger partial charge in [0.15, 0.2) is 5.65 Å². The first-order valence-electron chi connectivity index (χ1n) is 7.88. The van der Waals surface area contributed by atoms with Crippen molar-refractivity contribution in [2.45, 2.75) is 25.9 Å². The molecule has 0 saturated heterocycles. The van der Waals surface area contributed by atoms with Crippen molar-refractivity contribution in [1.29, 1.82) is 0 Å². The van der Waals surface area contributed by atoms with Gasteiger partial charge in [0.25, 0.3) is 5.56 Å². The fourth-order valence-corrected chi connectivity index (χ4v) is 2.67. The number of nitrogens with one attached hydrogen (secondary N) is 1. The molecule has 0 aliphatic heterocycles. The van der Waals surface area contributed by atoms with E-state index in [0.717, 1.165) is 0 Å². The summed E-state index contributed by atoms with van der Waals surface area (Å²) in [6.45, 7) is 1.90. The van der Waals surface area contributed by atoms with Crippen LogP contribution >= 0.6 is 0 Å². The molecule has 1 atom stereocenters. The molecular weight excluding hydrogens is 325 g/mol. The zero-order chi connectivity index (χ0) is 18.0. The highest BCUT2D eigenvalue weighted by molar-refractivity contribution is 5.76. The highest BCUT2D eigenvalue weighted by Gasteiger charge is 2.14. The molecule has 1 N–H and O–H groups in total. The number of aryl methyl sites for hydroxylation is 2. The number of halogens is 1. The fraction of sp³-hybridized carbons (Fsp3) is 0.294. The van der Waals surface area contributed by atoms with E-state index in [4.69, 9.17) is 0 Å². The van der Waals surface area contributed by atoms with E-state index >= 15 is 0 Å². The van der Waals surface area contributed by atoms with E-state index in [0.29, 0.717) is 16.6 Å². The SMILES string of the molecule is C[C@H](NC(=O)CCn1cnc2c(cnn2C)c1=O)c1ccccc1F. The van der Waals surface area contributed by atoms with E-state index in [1.165, 1.54) is 27.8 Å². The monoisotopic (exact) mass is 343 g/mol. The summed E-state index contributed by atoms with van der Waals surface area (Å²) >= 11 is 0. The zero-order valence-electron chi connectivity index (χ0n) is 13.9. The van der Waals surface area contributed by atoms with Gasteiger partial charge in [-0.25, -0.2) is 9.37 Å². The molecule has 25 heavy (non-hydrogen) atoms.